The van der Waals surface area contributed by atoms with Crippen LogP contribution in [0.4, 0.5) is 0 Å². The van der Waals surface area contributed by atoms with Crippen molar-refractivity contribution in [3.05, 3.63) is 97.2 Å². The zero-order valence-corrected chi connectivity index (χ0v) is 45.8. The summed E-state index contributed by atoms with van der Waals surface area (Å²) in [7, 11) is 0. The van der Waals surface area contributed by atoms with Gasteiger partial charge in [-0.05, 0) is 96.3 Å². The summed E-state index contributed by atoms with van der Waals surface area (Å²) in [6.45, 7) is 6.40. The van der Waals surface area contributed by atoms with Gasteiger partial charge in [0.1, 0.15) is 13.2 Å². The van der Waals surface area contributed by atoms with E-state index in [0.29, 0.717) is 19.3 Å². The maximum absolute atomic E-state index is 12.9. The quantitative estimate of drug-likeness (QED) is 0.0262. The van der Waals surface area contributed by atoms with Gasteiger partial charge in [0.2, 0.25) is 0 Å². The van der Waals surface area contributed by atoms with Gasteiger partial charge in [0.25, 0.3) is 0 Å². The molecule has 0 aliphatic rings. The zero-order chi connectivity index (χ0) is 50.7. The lowest BCUT2D eigenvalue weighted by molar-refractivity contribution is -0.167. The number of rotatable bonds is 52. The van der Waals surface area contributed by atoms with Crippen LogP contribution in [0.1, 0.15) is 271 Å². The lowest BCUT2D eigenvalue weighted by atomic mass is 10.0. The smallest absolute Gasteiger partial charge is 0.306 e. The van der Waals surface area contributed by atoms with E-state index in [9.17, 15) is 14.4 Å². The number of hydrogen-bond acceptors (Lipinski definition) is 6. The van der Waals surface area contributed by atoms with Crippen molar-refractivity contribution >= 4 is 17.9 Å². The highest BCUT2D eigenvalue weighted by Crippen LogP contribution is 2.16. The van der Waals surface area contributed by atoms with E-state index in [1.807, 2.05) is 0 Å². The molecule has 400 valence electrons. The molecule has 1 atom stereocenters. The number of esters is 3. The second-order valence-corrected chi connectivity index (χ2v) is 19.1. The van der Waals surface area contributed by atoms with Crippen LogP contribution in [0, 0.1) is 0 Å². The molecule has 0 aliphatic heterocycles. The van der Waals surface area contributed by atoms with Crippen LogP contribution in [-0.2, 0) is 28.6 Å². The highest BCUT2D eigenvalue weighted by molar-refractivity contribution is 5.71. The van der Waals surface area contributed by atoms with Crippen molar-refractivity contribution in [2.75, 3.05) is 13.2 Å². The molecule has 0 rings (SSSR count). The minimum Gasteiger partial charge on any atom is -0.462 e. The molecule has 0 amide bonds. The number of allylic oxidation sites excluding steroid dienone is 16. The molecule has 6 heteroatoms. The minimum absolute atomic E-state index is 0.0939. The van der Waals surface area contributed by atoms with Crippen molar-refractivity contribution in [2.24, 2.45) is 0 Å². The first-order valence-corrected chi connectivity index (χ1v) is 29.2. The molecule has 1 unspecified atom stereocenters. The standard InChI is InChI=1S/C64H108O6/c1-4-7-10-13-16-19-22-25-28-31-32-34-36-39-42-45-48-51-54-57-63(66)69-60-61(59-68-62(65)56-53-50-47-44-41-38-35-30-27-24-21-18-15-12-9-6-3)70-64(67)58-55-52-49-46-43-40-37-33-29-26-23-20-17-14-11-8-5-2/h7,9-10,12,16,18-19,21,25,27-28,30,32,34,39,42,61H,4-6,8,11,13-15,17,20,22-24,26,29,31,33,35-38,40-41,43-60H2,1-3H3/b10-7-,12-9-,19-16-,21-18-,28-25-,30-27-,34-32-,42-39-. The molecule has 6 nitrogen and oxygen atoms in total. The highest BCUT2D eigenvalue weighted by atomic mass is 16.6. The molecule has 0 radical (unpaired) electrons. The van der Waals surface area contributed by atoms with Gasteiger partial charge in [0, 0.05) is 19.3 Å². The molecular weight excluding hydrogens is 865 g/mol. The molecule has 0 fully saturated rings. The van der Waals surface area contributed by atoms with Crippen molar-refractivity contribution < 1.29 is 28.6 Å². The van der Waals surface area contributed by atoms with E-state index in [-0.39, 0.29) is 31.1 Å². The summed E-state index contributed by atoms with van der Waals surface area (Å²) in [5.74, 6) is -0.931. The minimum atomic E-state index is -0.797. The topological polar surface area (TPSA) is 78.9 Å². The van der Waals surface area contributed by atoms with Gasteiger partial charge in [-0.25, -0.2) is 0 Å². The number of ether oxygens (including phenoxy) is 3. The molecule has 0 N–H and O–H groups in total. The Kier molecular flexibility index (Phi) is 54.9. The Hall–Kier alpha value is -3.67. The van der Waals surface area contributed by atoms with Crippen LogP contribution in [0.5, 0.6) is 0 Å². The fraction of sp³-hybridized carbons (Fsp3) is 0.703. The molecule has 0 bridgehead atoms. The van der Waals surface area contributed by atoms with E-state index in [1.54, 1.807) is 0 Å². The fourth-order valence-corrected chi connectivity index (χ4v) is 8.01. The Labute approximate surface area is 432 Å². The van der Waals surface area contributed by atoms with Gasteiger partial charge in [-0.1, -0.05) is 253 Å². The summed E-state index contributed by atoms with van der Waals surface area (Å²) in [5, 5.41) is 0. The summed E-state index contributed by atoms with van der Waals surface area (Å²) in [5.41, 5.74) is 0. The van der Waals surface area contributed by atoms with Crippen LogP contribution in [0.2, 0.25) is 0 Å². The van der Waals surface area contributed by atoms with Gasteiger partial charge in [0.05, 0.1) is 0 Å². The summed E-state index contributed by atoms with van der Waals surface area (Å²) in [4.78, 5) is 38.2. The second kappa shape index (κ2) is 57.9. The van der Waals surface area contributed by atoms with Crippen LogP contribution in [0.3, 0.4) is 0 Å². The van der Waals surface area contributed by atoms with Crippen LogP contribution in [0.15, 0.2) is 97.2 Å². The van der Waals surface area contributed by atoms with E-state index in [2.05, 4.69) is 118 Å². The van der Waals surface area contributed by atoms with Gasteiger partial charge in [-0.3, -0.25) is 14.4 Å². The normalized spacial score (nSPS) is 12.8. The first kappa shape index (κ1) is 66.3. The average molecular weight is 974 g/mol. The molecule has 0 aliphatic carbocycles. The Morgan fingerprint density at radius 2 is 0.557 bits per heavy atom. The molecule has 70 heavy (non-hydrogen) atoms. The summed E-state index contributed by atoms with van der Waals surface area (Å²) in [6, 6.07) is 0. The number of carbonyl (C=O) groups excluding carboxylic acids is 3. The van der Waals surface area contributed by atoms with E-state index in [0.717, 1.165) is 122 Å². The van der Waals surface area contributed by atoms with Crippen molar-refractivity contribution in [3.8, 4) is 0 Å². The lowest BCUT2D eigenvalue weighted by Gasteiger charge is -2.18. The van der Waals surface area contributed by atoms with Crippen molar-refractivity contribution in [2.45, 2.75) is 277 Å². The van der Waals surface area contributed by atoms with Gasteiger partial charge in [0.15, 0.2) is 6.10 Å². The Balaban J connectivity index is 4.46. The van der Waals surface area contributed by atoms with E-state index in [4.69, 9.17) is 14.2 Å². The van der Waals surface area contributed by atoms with E-state index in [1.165, 1.54) is 109 Å². The third-order valence-electron chi connectivity index (χ3n) is 12.3. The first-order chi connectivity index (χ1) is 34.5. The molecule has 0 saturated heterocycles. The predicted molar refractivity (Wildman–Crippen MR) is 302 cm³/mol. The maximum Gasteiger partial charge on any atom is 0.306 e. The second-order valence-electron chi connectivity index (χ2n) is 19.1. The SMILES string of the molecule is CC/C=C\C/C=C\C/C=C\C/C=C\C/C=C\CCCCCC(=O)OCC(COC(=O)CCCCCCCC/C=C\C/C=C\C/C=C\CC)OC(=O)CCCCCCCCCCCCCCCCCCC. The predicted octanol–water partition coefficient (Wildman–Crippen LogP) is 19.7. The average Bonchev–Trinajstić information content (AvgIpc) is 3.36. The van der Waals surface area contributed by atoms with Crippen LogP contribution in [0.25, 0.3) is 0 Å². The van der Waals surface area contributed by atoms with Gasteiger partial charge < -0.3 is 14.2 Å². The third-order valence-corrected chi connectivity index (χ3v) is 12.3. The van der Waals surface area contributed by atoms with Crippen LogP contribution >= 0.6 is 0 Å². The van der Waals surface area contributed by atoms with Gasteiger partial charge in [-0.2, -0.15) is 0 Å². The summed E-state index contributed by atoms with van der Waals surface area (Å²) < 4.78 is 16.9. The molecule has 0 spiro atoms. The van der Waals surface area contributed by atoms with Crippen molar-refractivity contribution in [1.29, 1.82) is 0 Å². The Bertz CT molecular complexity index is 1400. The third kappa shape index (κ3) is 55.3. The van der Waals surface area contributed by atoms with E-state index >= 15 is 0 Å². The van der Waals surface area contributed by atoms with Crippen molar-refractivity contribution in [1.82, 2.24) is 0 Å². The largest absolute Gasteiger partial charge is 0.462 e. The molecule has 0 heterocycles. The fourth-order valence-electron chi connectivity index (χ4n) is 8.01. The summed E-state index contributed by atoms with van der Waals surface area (Å²) >= 11 is 0. The zero-order valence-electron chi connectivity index (χ0n) is 45.8. The number of hydrogen-bond donors (Lipinski definition) is 0. The van der Waals surface area contributed by atoms with Gasteiger partial charge >= 0.3 is 17.9 Å². The monoisotopic (exact) mass is 973 g/mol. The number of carbonyl (C=O) groups is 3. The van der Waals surface area contributed by atoms with Crippen LogP contribution < -0.4 is 0 Å². The molecule has 0 aromatic heterocycles. The lowest BCUT2D eigenvalue weighted by Crippen LogP contribution is -2.30. The number of unbranched alkanes of at least 4 members (excludes halogenated alkanes) is 25. The van der Waals surface area contributed by atoms with E-state index < -0.39 is 6.10 Å². The molecular formula is C64H108O6. The molecule has 0 aromatic rings. The van der Waals surface area contributed by atoms with Crippen LogP contribution in [-0.4, -0.2) is 37.2 Å². The Morgan fingerprint density at radius 1 is 0.300 bits per heavy atom. The molecule has 0 aromatic carbocycles. The molecule has 0 saturated carbocycles. The Morgan fingerprint density at radius 3 is 0.886 bits per heavy atom. The van der Waals surface area contributed by atoms with Crippen molar-refractivity contribution in [3.63, 3.8) is 0 Å². The first-order valence-electron chi connectivity index (χ1n) is 29.2. The summed E-state index contributed by atoms with van der Waals surface area (Å²) in [6.07, 6.45) is 76.8. The maximum atomic E-state index is 12.9. The highest BCUT2D eigenvalue weighted by Gasteiger charge is 2.19. The van der Waals surface area contributed by atoms with Gasteiger partial charge in [-0.15, -0.1) is 0 Å².